The number of nitrogens with zero attached hydrogens (tertiary/aromatic N) is 1. The van der Waals surface area contributed by atoms with E-state index in [0.717, 1.165) is 12.8 Å². The number of hydrogen-bond donors (Lipinski definition) is 1. The first-order chi connectivity index (χ1) is 7.89. The standard InChI is InChI=1S/C11H18F3NO2/c12-11(13,14)8-17-5-1-4-15-6-10(16,7-15)9-2-3-9/h9,16H,1-8H2. The van der Waals surface area contributed by atoms with E-state index in [0.29, 0.717) is 32.0 Å². The van der Waals surface area contributed by atoms with Crippen LogP contribution in [-0.4, -0.2) is 54.6 Å². The first kappa shape index (κ1) is 13.1. The van der Waals surface area contributed by atoms with Crippen molar-refractivity contribution in [3.05, 3.63) is 0 Å². The summed E-state index contributed by atoms with van der Waals surface area (Å²) in [5.74, 6) is 0.459. The van der Waals surface area contributed by atoms with Gasteiger partial charge in [0, 0.05) is 26.2 Å². The fourth-order valence-electron chi connectivity index (χ4n) is 2.34. The molecule has 1 aliphatic carbocycles. The molecule has 2 aliphatic rings. The average molecular weight is 253 g/mol. The van der Waals surface area contributed by atoms with E-state index < -0.39 is 18.4 Å². The highest BCUT2D eigenvalue weighted by molar-refractivity contribution is 5.05. The van der Waals surface area contributed by atoms with Gasteiger partial charge in [-0.2, -0.15) is 13.2 Å². The third-order valence-electron chi connectivity index (χ3n) is 3.36. The lowest BCUT2D eigenvalue weighted by atomic mass is 9.89. The molecule has 17 heavy (non-hydrogen) atoms. The quantitative estimate of drug-likeness (QED) is 0.726. The van der Waals surface area contributed by atoms with Crippen LogP contribution in [0.1, 0.15) is 19.3 Å². The minimum atomic E-state index is -4.23. The molecule has 0 radical (unpaired) electrons. The molecule has 0 spiro atoms. The fourth-order valence-corrected chi connectivity index (χ4v) is 2.34. The summed E-state index contributed by atoms with van der Waals surface area (Å²) < 4.78 is 39.8. The summed E-state index contributed by atoms with van der Waals surface area (Å²) in [5, 5.41) is 10.0. The predicted octanol–water partition coefficient (Wildman–Crippen LogP) is 1.41. The lowest BCUT2D eigenvalue weighted by molar-refractivity contribution is -0.174. The Labute approximate surface area is 98.5 Å². The van der Waals surface area contributed by atoms with E-state index in [1.54, 1.807) is 0 Å². The summed E-state index contributed by atoms with van der Waals surface area (Å²) in [6.45, 7) is 0.984. The molecular weight excluding hydrogens is 235 g/mol. The number of likely N-dealkylation sites (tertiary alicyclic amines) is 1. The van der Waals surface area contributed by atoms with E-state index in [2.05, 4.69) is 9.64 Å². The number of alkyl halides is 3. The third kappa shape index (κ3) is 3.82. The summed E-state index contributed by atoms with van der Waals surface area (Å²) in [6, 6.07) is 0. The average Bonchev–Trinajstić information content (AvgIpc) is 2.95. The van der Waals surface area contributed by atoms with Gasteiger partial charge in [-0.25, -0.2) is 0 Å². The molecule has 1 saturated heterocycles. The molecule has 0 bridgehead atoms. The molecule has 6 heteroatoms. The monoisotopic (exact) mass is 253 g/mol. The molecule has 0 aromatic rings. The SMILES string of the molecule is OC1(C2CC2)CN(CCCOCC(F)(F)F)C1. The summed E-state index contributed by atoms with van der Waals surface area (Å²) in [7, 11) is 0. The van der Waals surface area contributed by atoms with Crippen molar-refractivity contribution >= 4 is 0 Å². The minimum Gasteiger partial charge on any atom is -0.387 e. The Morgan fingerprint density at radius 2 is 1.94 bits per heavy atom. The maximum Gasteiger partial charge on any atom is 0.411 e. The molecule has 0 unspecified atom stereocenters. The van der Waals surface area contributed by atoms with Gasteiger partial charge in [-0.05, 0) is 25.2 Å². The highest BCUT2D eigenvalue weighted by atomic mass is 19.4. The van der Waals surface area contributed by atoms with Gasteiger partial charge in [-0.3, -0.25) is 4.90 Å². The van der Waals surface area contributed by atoms with Crippen molar-refractivity contribution in [3.8, 4) is 0 Å². The van der Waals surface area contributed by atoms with Crippen LogP contribution in [0.5, 0.6) is 0 Å². The third-order valence-corrected chi connectivity index (χ3v) is 3.36. The van der Waals surface area contributed by atoms with Gasteiger partial charge in [-0.1, -0.05) is 0 Å². The summed E-state index contributed by atoms with van der Waals surface area (Å²) in [5.41, 5.74) is -0.507. The molecule has 0 aromatic heterocycles. The van der Waals surface area contributed by atoms with E-state index in [1.165, 1.54) is 0 Å². The first-order valence-electron chi connectivity index (χ1n) is 5.98. The highest BCUT2D eigenvalue weighted by Gasteiger charge is 2.51. The molecule has 0 aromatic carbocycles. The zero-order valence-electron chi connectivity index (χ0n) is 9.67. The summed E-state index contributed by atoms with van der Waals surface area (Å²) in [4.78, 5) is 2.06. The van der Waals surface area contributed by atoms with Gasteiger partial charge in [0.25, 0.3) is 0 Å². The molecular formula is C11H18F3NO2. The van der Waals surface area contributed by atoms with E-state index in [9.17, 15) is 18.3 Å². The smallest absolute Gasteiger partial charge is 0.387 e. The maximum atomic E-state index is 11.7. The Hall–Kier alpha value is -0.330. The lowest BCUT2D eigenvalue weighted by Gasteiger charge is -2.47. The van der Waals surface area contributed by atoms with Crippen molar-refractivity contribution in [1.29, 1.82) is 0 Å². The van der Waals surface area contributed by atoms with Gasteiger partial charge in [0.2, 0.25) is 0 Å². The normalized spacial score (nSPS) is 24.7. The van der Waals surface area contributed by atoms with Crippen LogP contribution in [-0.2, 0) is 4.74 Å². The van der Waals surface area contributed by atoms with Crippen molar-refractivity contribution in [2.24, 2.45) is 5.92 Å². The van der Waals surface area contributed by atoms with Crippen LogP contribution in [0.4, 0.5) is 13.2 Å². The van der Waals surface area contributed by atoms with Crippen LogP contribution >= 0.6 is 0 Å². The van der Waals surface area contributed by atoms with Crippen LogP contribution in [0.3, 0.4) is 0 Å². The molecule has 0 atom stereocenters. The Kier molecular flexibility index (Phi) is 3.66. The molecule has 1 saturated carbocycles. The van der Waals surface area contributed by atoms with Gasteiger partial charge < -0.3 is 9.84 Å². The van der Waals surface area contributed by atoms with Gasteiger partial charge in [0.1, 0.15) is 6.61 Å². The van der Waals surface area contributed by atoms with Crippen LogP contribution in [0, 0.1) is 5.92 Å². The van der Waals surface area contributed by atoms with Crippen LogP contribution in [0.2, 0.25) is 0 Å². The molecule has 1 heterocycles. The predicted molar refractivity (Wildman–Crippen MR) is 55.6 cm³/mol. The first-order valence-corrected chi connectivity index (χ1v) is 5.98. The van der Waals surface area contributed by atoms with Crippen molar-refractivity contribution in [3.63, 3.8) is 0 Å². The zero-order chi connectivity index (χ0) is 12.5. The molecule has 3 nitrogen and oxygen atoms in total. The minimum absolute atomic E-state index is 0.123. The van der Waals surface area contributed by atoms with E-state index in [4.69, 9.17) is 0 Å². The molecule has 1 N–H and O–H groups in total. The number of rotatable bonds is 6. The number of aliphatic hydroxyl groups is 1. The number of ether oxygens (including phenoxy) is 1. The number of β-amino-alcohol motifs (C(OH)–C–C–N with tert-alkyl or cyclic N) is 1. The van der Waals surface area contributed by atoms with Crippen LogP contribution in [0.15, 0.2) is 0 Å². The molecule has 2 rings (SSSR count). The Bertz CT molecular complexity index is 260. The second kappa shape index (κ2) is 4.74. The Balaban J connectivity index is 1.48. The fraction of sp³-hybridized carbons (Fsp3) is 1.00. The number of hydrogen-bond acceptors (Lipinski definition) is 3. The molecule has 100 valence electrons. The molecule has 0 amide bonds. The summed E-state index contributed by atoms with van der Waals surface area (Å²) in [6.07, 6.45) is -1.43. The second-order valence-electron chi connectivity index (χ2n) is 5.11. The molecule has 2 fully saturated rings. The Morgan fingerprint density at radius 1 is 1.29 bits per heavy atom. The van der Waals surface area contributed by atoms with Gasteiger partial charge in [0.05, 0.1) is 5.60 Å². The van der Waals surface area contributed by atoms with E-state index >= 15 is 0 Å². The van der Waals surface area contributed by atoms with Crippen molar-refractivity contribution in [2.75, 3.05) is 32.8 Å². The van der Waals surface area contributed by atoms with Crippen molar-refractivity contribution in [1.82, 2.24) is 4.90 Å². The van der Waals surface area contributed by atoms with Gasteiger partial charge in [-0.15, -0.1) is 0 Å². The molecule has 1 aliphatic heterocycles. The Morgan fingerprint density at radius 3 is 2.47 bits per heavy atom. The van der Waals surface area contributed by atoms with E-state index in [-0.39, 0.29) is 6.61 Å². The lowest BCUT2D eigenvalue weighted by Crippen LogP contribution is -2.63. The zero-order valence-corrected chi connectivity index (χ0v) is 9.67. The second-order valence-corrected chi connectivity index (χ2v) is 5.11. The van der Waals surface area contributed by atoms with Gasteiger partial charge in [0.15, 0.2) is 0 Å². The van der Waals surface area contributed by atoms with Crippen LogP contribution in [0.25, 0.3) is 0 Å². The van der Waals surface area contributed by atoms with Crippen molar-refractivity contribution in [2.45, 2.75) is 31.0 Å². The highest BCUT2D eigenvalue weighted by Crippen LogP contribution is 2.44. The maximum absolute atomic E-state index is 11.7. The van der Waals surface area contributed by atoms with E-state index in [1.807, 2.05) is 0 Å². The number of halogens is 3. The topological polar surface area (TPSA) is 32.7 Å². The largest absolute Gasteiger partial charge is 0.411 e. The van der Waals surface area contributed by atoms with Gasteiger partial charge >= 0.3 is 6.18 Å². The van der Waals surface area contributed by atoms with Crippen molar-refractivity contribution < 1.29 is 23.0 Å². The summed E-state index contributed by atoms with van der Waals surface area (Å²) >= 11 is 0. The van der Waals surface area contributed by atoms with Crippen LogP contribution < -0.4 is 0 Å².